The summed E-state index contributed by atoms with van der Waals surface area (Å²) in [5.74, 6) is -10.7. The number of carbonyl (C=O) groups excluding carboxylic acids is 11. The molecule has 11 amide bonds. The maximum Gasteiger partial charge on any atom is 0.246 e. The van der Waals surface area contributed by atoms with Crippen molar-refractivity contribution >= 4 is 65.0 Å². The monoisotopic (exact) mass is 1290 g/mol. The molecule has 2 fully saturated rings. The van der Waals surface area contributed by atoms with Gasteiger partial charge in [0.25, 0.3) is 0 Å². The smallest absolute Gasteiger partial charge is 0.246 e. The van der Waals surface area contributed by atoms with Gasteiger partial charge in [-0.2, -0.15) is 0 Å². The van der Waals surface area contributed by atoms with E-state index >= 15 is 14.4 Å². The van der Waals surface area contributed by atoms with Gasteiger partial charge in [-0.15, -0.1) is 0 Å². The Morgan fingerprint density at radius 1 is 0.516 bits per heavy atom. The van der Waals surface area contributed by atoms with Crippen molar-refractivity contribution in [3.8, 4) is 0 Å². The predicted octanol–water partition coefficient (Wildman–Crippen LogP) is 3.05. The van der Waals surface area contributed by atoms with Gasteiger partial charge in [-0.25, -0.2) is 0 Å². The number of amides is 11. The second-order valence-corrected chi connectivity index (χ2v) is 27.6. The SMILES string of the molecule is C/C=C/C[C@@H](C)[C@@H](O)C1C(=O)N[C@@H](CC)C(=O)N(C)[C@H](C)C(=O)N(C)[C@@H]([C@H](C)CO[C@H]2CCOC2)C(=O)N[C@@H](C(C)C)C(=O)N(C)[C@@H](CC(C)C)C(=O)N[C@@H](C)C(=O)N[C@H](C)C(=O)N(C)[C@@H](CC(C)C)C(=O)N(C)[C@@H](CC(C)C)C(=O)N(C)[C@@H](C(C)C)C(=O)N1C. The summed E-state index contributed by atoms with van der Waals surface area (Å²) in [6.45, 7) is 30.1. The lowest BCUT2D eigenvalue weighted by Gasteiger charge is -2.41. The highest BCUT2D eigenvalue weighted by molar-refractivity contribution is 6.00. The lowest BCUT2D eigenvalue weighted by molar-refractivity contribution is -0.157. The average molecular weight is 1290 g/mol. The minimum absolute atomic E-state index is 0.00627. The third kappa shape index (κ3) is 22.0. The van der Waals surface area contributed by atoms with E-state index in [4.69, 9.17) is 9.47 Å². The van der Waals surface area contributed by atoms with Gasteiger partial charge in [0.05, 0.1) is 25.4 Å². The summed E-state index contributed by atoms with van der Waals surface area (Å²) in [7, 11) is 9.90. The summed E-state index contributed by atoms with van der Waals surface area (Å²) in [6, 6.07) is -14.0. The van der Waals surface area contributed by atoms with Gasteiger partial charge in [-0.05, 0) is 102 Å². The molecule has 2 heterocycles. The van der Waals surface area contributed by atoms with E-state index < -0.39 is 161 Å². The standard InChI is InChI=1S/C66H117N11O14/c1-25-27-28-41(13)55(78)54-59(82)69-47(26-2)62(85)71(18)45(17)61(84)76(23)53(42(14)34-91-46-29-30-90-35-46)58(81)70-51(39(9)10)65(88)72(19)48(31-36(3)4)57(80)67-43(15)56(79)68-44(16)60(83)73(20)49(32-37(5)6)63(86)74(21)50(33-38(7)8)64(87)75(22)52(40(11)12)66(89)77(54)24/h25,27,36-55,78H,26,28-35H2,1-24H3,(H,67,80)(H,68,79)(H,69,82)(H,70,81)/b27-25+/t41-,42-,43+,44-,45-,46+,47+,48+,49+,50+,51+,52+,53+,54?,55-/m1/s1. The van der Waals surface area contributed by atoms with Gasteiger partial charge in [0.15, 0.2) is 0 Å². The number of likely N-dealkylation sites (N-methyl/N-ethyl adjacent to an activating group) is 7. The van der Waals surface area contributed by atoms with Crippen molar-refractivity contribution in [2.45, 2.75) is 235 Å². The Balaban J connectivity index is 3.03. The van der Waals surface area contributed by atoms with E-state index in [1.165, 1.54) is 94.6 Å². The first-order chi connectivity index (χ1) is 42.2. The van der Waals surface area contributed by atoms with Crippen LogP contribution in [-0.4, -0.2) is 252 Å². The number of hydrogen-bond donors (Lipinski definition) is 5. The van der Waals surface area contributed by atoms with Gasteiger partial charge in [0, 0.05) is 61.9 Å². The molecule has 2 saturated heterocycles. The highest BCUT2D eigenvalue weighted by Crippen LogP contribution is 2.26. The van der Waals surface area contributed by atoms with Gasteiger partial charge >= 0.3 is 0 Å². The average Bonchev–Trinajstić information content (AvgIpc) is 1.03. The molecule has 0 aromatic carbocycles. The van der Waals surface area contributed by atoms with Crippen LogP contribution in [0.15, 0.2) is 12.2 Å². The molecule has 25 nitrogen and oxygen atoms in total. The first-order valence-electron chi connectivity index (χ1n) is 32.8. The molecule has 0 aromatic heterocycles. The van der Waals surface area contributed by atoms with Crippen LogP contribution in [0.1, 0.15) is 156 Å². The third-order valence-corrected chi connectivity index (χ3v) is 17.8. The number of aliphatic hydroxyl groups is 1. The maximum absolute atomic E-state index is 15.2. The van der Waals surface area contributed by atoms with Gasteiger partial charge in [0.2, 0.25) is 65.0 Å². The van der Waals surface area contributed by atoms with Crippen LogP contribution in [-0.2, 0) is 62.2 Å². The number of nitrogens with one attached hydrogen (secondary N) is 4. The van der Waals surface area contributed by atoms with E-state index in [1.54, 1.807) is 67.5 Å². The van der Waals surface area contributed by atoms with Crippen LogP contribution in [0.5, 0.6) is 0 Å². The fourth-order valence-corrected chi connectivity index (χ4v) is 11.8. The number of ether oxygens (including phenoxy) is 2. The number of rotatable bonds is 17. The molecular weight excluding hydrogens is 1170 g/mol. The largest absolute Gasteiger partial charge is 0.390 e. The van der Waals surface area contributed by atoms with Crippen molar-refractivity contribution in [3.05, 3.63) is 12.2 Å². The Kier molecular flexibility index (Phi) is 32.8. The van der Waals surface area contributed by atoms with Crippen molar-refractivity contribution in [2.75, 3.05) is 69.2 Å². The summed E-state index contributed by atoms with van der Waals surface area (Å²) in [4.78, 5) is 171. The number of nitrogens with zero attached hydrogens (tertiary/aromatic N) is 7. The Labute approximate surface area is 543 Å². The van der Waals surface area contributed by atoms with Gasteiger partial charge < -0.3 is 70.1 Å². The topological polar surface area (TPSA) is 297 Å². The molecular formula is C66H117N11O14. The molecule has 25 heteroatoms. The summed E-state index contributed by atoms with van der Waals surface area (Å²) in [6.07, 6.45) is 3.11. The van der Waals surface area contributed by atoms with Crippen molar-refractivity contribution in [1.82, 2.24) is 55.6 Å². The molecule has 91 heavy (non-hydrogen) atoms. The van der Waals surface area contributed by atoms with Crippen LogP contribution in [0, 0.1) is 41.4 Å². The summed E-state index contributed by atoms with van der Waals surface area (Å²) in [5, 5.41) is 23.3. The quantitative estimate of drug-likeness (QED) is 0.131. The molecule has 520 valence electrons. The van der Waals surface area contributed by atoms with Gasteiger partial charge in [0.1, 0.15) is 66.5 Å². The van der Waals surface area contributed by atoms with Crippen LogP contribution in [0.2, 0.25) is 0 Å². The molecule has 0 aromatic rings. The van der Waals surface area contributed by atoms with Gasteiger partial charge in [-0.1, -0.05) is 102 Å². The maximum atomic E-state index is 15.2. The lowest BCUT2D eigenvalue weighted by atomic mass is 9.91. The summed E-state index contributed by atoms with van der Waals surface area (Å²) in [5.41, 5.74) is 0. The zero-order valence-corrected chi connectivity index (χ0v) is 59.5. The van der Waals surface area contributed by atoms with Crippen molar-refractivity contribution < 1.29 is 67.3 Å². The highest BCUT2D eigenvalue weighted by atomic mass is 16.5. The number of carbonyl (C=O) groups is 11. The molecule has 0 bridgehead atoms. The second-order valence-electron chi connectivity index (χ2n) is 27.6. The lowest BCUT2D eigenvalue weighted by Crippen LogP contribution is -2.64. The number of allylic oxidation sites excluding steroid dienone is 2. The zero-order chi connectivity index (χ0) is 70.0. The number of aliphatic hydroxyl groups excluding tert-OH is 1. The summed E-state index contributed by atoms with van der Waals surface area (Å²) < 4.78 is 11.7. The van der Waals surface area contributed by atoms with Crippen LogP contribution in [0.3, 0.4) is 0 Å². The van der Waals surface area contributed by atoms with E-state index in [2.05, 4.69) is 21.3 Å². The highest BCUT2D eigenvalue weighted by Gasteiger charge is 2.46. The van der Waals surface area contributed by atoms with Crippen LogP contribution >= 0.6 is 0 Å². The van der Waals surface area contributed by atoms with Crippen molar-refractivity contribution in [2.24, 2.45) is 41.4 Å². The van der Waals surface area contributed by atoms with Crippen molar-refractivity contribution in [3.63, 3.8) is 0 Å². The van der Waals surface area contributed by atoms with Gasteiger partial charge in [-0.3, -0.25) is 52.7 Å². The van der Waals surface area contributed by atoms with E-state index in [-0.39, 0.29) is 56.1 Å². The predicted molar refractivity (Wildman–Crippen MR) is 348 cm³/mol. The molecule has 2 aliphatic heterocycles. The molecule has 2 aliphatic rings. The van der Waals surface area contributed by atoms with E-state index in [9.17, 15) is 43.5 Å². The Morgan fingerprint density at radius 3 is 1.47 bits per heavy atom. The van der Waals surface area contributed by atoms with Crippen LogP contribution in [0.25, 0.3) is 0 Å². The molecule has 0 aliphatic carbocycles. The third-order valence-electron chi connectivity index (χ3n) is 17.8. The first kappa shape index (κ1) is 80.9. The van der Waals surface area contributed by atoms with Crippen LogP contribution in [0.4, 0.5) is 0 Å². The zero-order valence-electron chi connectivity index (χ0n) is 59.5. The molecule has 5 N–H and O–H groups in total. The summed E-state index contributed by atoms with van der Waals surface area (Å²) >= 11 is 0. The number of hydrogen-bond acceptors (Lipinski definition) is 14. The fourth-order valence-electron chi connectivity index (χ4n) is 11.8. The van der Waals surface area contributed by atoms with Crippen molar-refractivity contribution in [1.29, 1.82) is 0 Å². The minimum atomic E-state index is -1.64. The van der Waals surface area contributed by atoms with E-state index in [0.29, 0.717) is 26.1 Å². The Hall–Kier alpha value is -6.21. The molecule has 1 unspecified atom stereocenters. The molecule has 15 atom stereocenters. The Bertz CT molecular complexity index is 2500. The minimum Gasteiger partial charge on any atom is -0.390 e. The Morgan fingerprint density at radius 2 is 0.989 bits per heavy atom. The second kappa shape index (κ2) is 36.9. The molecule has 0 radical (unpaired) electrons. The molecule has 0 saturated carbocycles. The normalized spacial score (nSPS) is 28.7. The molecule has 0 spiro atoms. The molecule has 2 rings (SSSR count). The van der Waals surface area contributed by atoms with Crippen LogP contribution < -0.4 is 21.3 Å². The fraction of sp³-hybridized carbons (Fsp3) is 0.803. The van der Waals surface area contributed by atoms with E-state index in [1.807, 2.05) is 41.5 Å². The first-order valence-corrected chi connectivity index (χ1v) is 32.8. The van der Waals surface area contributed by atoms with E-state index in [0.717, 1.165) is 9.80 Å².